The van der Waals surface area contributed by atoms with Crippen LogP contribution in [0.25, 0.3) is 11.4 Å². The lowest BCUT2D eigenvalue weighted by molar-refractivity contribution is 0.279. The summed E-state index contributed by atoms with van der Waals surface area (Å²) in [7, 11) is 0. The molecule has 0 radical (unpaired) electrons. The monoisotopic (exact) mass is 233 g/mol. The summed E-state index contributed by atoms with van der Waals surface area (Å²) in [5, 5.41) is 17.1. The van der Waals surface area contributed by atoms with Crippen LogP contribution in [0.3, 0.4) is 0 Å². The Morgan fingerprint density at radius 2 is 2.24 bits per heavy atom. The minimum Gasteiger partial charge on any atom is -0.268 e. The summed E-state index contributed by atoms with van der Waals surface area (Å²) in [5.74, 6) is 5.87. The van der Waals surface area contributed by atoms with Gasteiger partial charge in [-0.1, -0.05) is 0 Å². The van der Waals surface area contributed by atoms with E-state index in [9.17, 15) is 0 Å². The molecule has 7 nitrogen and oxygen atoms in total. The minimum absolute atomic E-state index is 0.726. The Hall–Kier alpha value is -1.73. The number of hydrogen-bond acceptors (Lipinski definition) is 5. The number of aromatic nitrogens is 5. The summed E-state index contributed by atoms with van der Waals surface area (Å²) in [6.45, 7) is 4.45. The Labute approximate surface area is 98.6 Å². The highest BCUT2D eigenvalue weighted by molar-refractivity contribution is 5.56. The molecule has 0 saturated heterocycles. The number of H-pyrrole nitrogens is 1. The number of hydrazine groups is 1. The fraction of sp³-hybridized carbons (Fsp3) is 0.500. The first-order valence-corrected chi connectivity index (χ1v) is 5.68. The molecule has 0 unspecified atom stereocenters. The van der Waals surface area contributed by atoms with Crippen molar-refractivity contribution in [1.29, 1.82) is 0 Å². The van der Waals surface area contributed by atoms with Crippen LogP contribution in [0.5, 0.6) is 0 Å². The van der Waals surface area contributed by atoms with E-state index in [2.05, 4.69) is 20.5 Å². The molecule has 0 fully saturated rings. The van der Waals surface area contributed by atoms with Crippen LogP contribution in [-0.4, -0.2) is 36.7 Å². The van der Waals surface area contributed by atoms with Crippen LogP contribution < -0.4 is 5.84 Å². The third-order valence-corrected chi connectivity index (χ3v) is 3.01. The summed E-state index contributed by atoms with van der Waals surface area (Å²) in [6, 6.07) is 2.04. The summed E-state index contributed by atoms with van der Waals surface area (Å²) in [4.78, 5) is 0. The quantitative estimate of drug-likeness (QED) is 0.680. The zero-order valence-electron chi connectivity index (χ0n) is 9.72. The van der Waals surface area contributed by atoms with E-state index in [1.165, 1.54) is 0 Å². The Morgan fingerprint density at radius 3 is 3.00 bits per heavy atom. The molecular formula is C10H15N7. The van der Waals surface area contributed by atoms with Gasteiger partial charge in [-0.2, -0.15) is 20.5 Å². The molecule has 17 heavy (non-hydrogen) atoms. The number of nitrogens with two attached hydrogens (primary N) is 1. The van der Waals surface area contributed by atoms with Gasteiger partial charge in [0.05, 0.1) is 17.9 Å². The number of rotatable bonds is 1. The van der Waals surface area contributed by atoms with Gasteiger partial charge in [0.1, 0.15) is 11.4 Å². The van der Waals surface area contributed by atoms with Gasteiger partial charge in [-0.15, -0.1) is 0 Å². The van der Waals surface area contributed by atoms with Crippen molar-refractivity contribution in [2.24, 2.45) is 5.84 Å². The number of nitrogens with one attached hydrogen (secondary N) is 1. The first-order valence-electron chi connectivity index (χ1n) is 5.68. The average Bonchev–Trinajstić information content (AvgIpc) is 2.82. The zero-order chi connectivity index (χ0) is 11.8. The lowest BCUT2D eigenvalue weighted by Gasteiger charge is -2.10. The highest BCUT2D eigenvalue weighted by atomic mass is 15.4. The van der Waals surface area contributed by atoms with E-state index in [0.717, 1.165) is 48.8 Å². The minimum atomic E-state index is 0.726. The number of aryl methyl sites for hydroxylation is 2. The summed E-state index contributed by atoms with van der Waals surface area (Å²) in [6.07, 6.45) is 1.02. The van der Waals surface area contributed by atoms with E-state index in [1.54, 1.807) is 0 Å². The maximum absolute atomic E-state index is 5.87. The van der Waals surface area contributed by atoms with E-state index in [1.807, 2.05) is 22.7 Å². The summed E-state index contributed by atoms with van der Waals surface area (Å²) in [5.41, 5.74) is 3.67. The Kier molecular flexibility index (Phi) is 2.41. The van der Waals surface area contributed by atoms with Crippen molar-refractivity contribution in [2.75, 3.05) is 6.54 Å². The fourth-order valence-corrected chi connectivity index (χ4v) is 2.13. The molecule has 0 spiro atoms. The highest BCUT2D eigenvalue weighted by Crippen LogP contribution is 2.20. The maximum atomic E-state index is 5.87. The predicted molar refractivity (Wildman–Crippen MR) is 61.6 cm³/mol. The molecular weight excluding hydrogens is 218 g/mol. The van der Waals surface area contributed by atoms with E-state index in [0.29, 0.717) is 0 Å². The van der Waals surface area contributed by atoms with E-state index >= 15 is 0 Å². The van der Waals surface area contributed by atoms with E-state index in [4.69, 9.17) is 5.84 Å². The molecule has 3 heterocycles. The van der Waals surface area contributed by atoms with Crippen molar-refractivity contribution in [3.05, 3.63) is 17.5 Å². The second kappa shape index (κ2) is 3.94. The van der Waals surface area contributed by atoms with Crippen LogP contribution in [0.1, 0.15) is 17.8 Å². The highest BCUT2D eigenvalue weighted by Gasteiger charge is 2.17. The van der Waals surface area contributed by atoms with Crippen LogP contribution in [0.4, 0.5) is 0 Å². The van der Waals surface area contributed by atoms with Gasteiger partial charge in [-0.3, -0.25) is 10.5 Å². The van der Waals surface area contributed by atoms with Gasteiger partial charge in [-0.25, -0.2) is 5.01 Å². The maximum Gasteiger partial charge on any atom is 0.135 e. The summed E-state index contributed by atoms with van der Waals surface area (Å²) >= 11 is 0. The standard InChI is InChI=1S/C10H15N7/c1-7-10(13-15-12-7)9-5-8-6-16(11)3-2-4-17(8)14-9/h5H,2-4,6,11H2,1H3,(H,12,13,15). The molecule has 0 aromatic carbocycles. The number of aromatic amines is 1. The van der Waals surface area contributed by atoms with Crippen molar-refractivity contribution in [1.82, 2.24) is 30.2 Å². The molecule has 0 bridgehead atoms. The van der Waals surface area contributed by atoms with Crippen molar-refractivity contribution in [2.45, 2.75) is 26.4 Å². The topological polar surface area (TPSA) is 88.7 Å². The summed E-state index contributed by atoms with van der Waals surface area (Å²) < 4.78 is 2.01. The van der Waals surface area contributed by atoms with Crippen LogP contribution in [0.15, 0.2) is 6.07 Å². The third kappa shape index (κ3) is 1.83. The van der Waals surface area contributed by atoms with Gasteiger partial charge >= 0.3 is 0 Å². The van der Waals surface area contributed by atoms with Crippen molar-refractivity contribution in [3.63, 3.8) is 0 Å². The third-order valence-electron chi connectivity index (χ3n) is 3.01. The average molecular weight is 233 g/mol. The number of nitrogens with zero attached hydrogens (tertiary/aromatic N) is 5. The molecule has 2 aromatic rings. The van der Waals surface area contributed by atoms with Gasteiger partial charge in [0, 0.05) is 13.1 Å². The van der Waals surface area contributed by atoms with Gasteiger partial charge in [-0.05, 0) is 19.4 Å². The molecule has 0 amide bonds. The van der Waals surface area contributed by atoms with Crippen LogP contribution in [0, 0.1) is 6.92 Å². The van der Waals surface area contributed by atoms with Gasteiger partial charge in [0.15, 0.2) is 0 Å². The SMILES string of the molecule is Cc1n[nH]nc1-c1cc2n(n1)CCCN(N)C2. The Bertz CT molecular complexity index is 526. The van der Waals surface area contributed by atoms with Gasteiger partial charge < -0.3 is 0 Å². The molecule has 7 heteroatoms. The molecule has 3 N–H and O–H groups in total. The smallest absolute Gasteiger partial charge is 0.135 e. The molecule has 0 aliphatic carbocycles. The first kappa shape index (κ1) is 10.4. The second-order valence-corrected chi connectivity index (χ2v) is 4.33. The molecule has 1 aliphatic heterocycles. The molecule has 90 valence electrons. The first-order chi connectivity index (χ1) is 8.24. The van der Waals surface area contributed by atoms with E-state index < -0.39 is 0 Å². The molecule has 1 aliphatic rings. The molecule has 2 aromatic heterocycles. The van der Waals surface area contributed by atoms with Gasteiger partial charge in [0.25, 0.3) is 0 Å². The Balaban J connectivity index is 2.00. The number of fused-ring (bicyclic) bond motifs is 1. The largest absolute Gasteiger partial charge is 0.268 e. The molecule has 0 atom stereocenters. The number of hydrogen-bond donors (Lipinski definition) is 2. The zero-order valence-corrected chi connectivity index (χ0v) is 9.72. The van der Waals surface area contributed by atoms with Crippen LogP contribution in [-0.2, 0) is 13.1 Å². The molecule has 3 rings (SSSR count). The second-order valence-electron chi connectivity index (χ2n) is 4.33. The fourth-order valence-electron chi connectivity index (χ4n) is 2.13. The van der Waals surface area contributed by atoms with Crippen LogP contribution >= 0.6 is 0 Å². The van der Waals surface area contributed by atoms with Crippen LogP contribution in [0.2, 0.25) is 0 Å². The van der Waals surface area contributed by atoms with Crippen molar-refractivity contribution in [3.8, 4) is 11.4 Å². The Morgan fingerprint density at radius 1 is 1.35 bits per heavy atom. The predicted octanol–water partition coefficient (Wildman–Crippen LogP) is 0.0560. The van der Waals surface area contributed by atoms with E-state index in [-0.39, 0.29) is 0 Å². The lowest BCUT2D eigenvalue weighted by Crippen LogP contribution is -2.30. The normalized spacial score (nSPS) is 16.8. The molecule has 0 saturated carbocycles. The van der Waals surface area contributed by atoms with Gasteiger partial charge in [0.2, 0.25) is 0 Å². The van der Waals surface area contributed by atoms with Crippen molar-refractivity contribution >= 4 is 0 Å². The lowest BCUT2D eigenvalue weighted by atomic mass is 10.2. The van der Waals surface area contributed by atoms with Crippen molar-refractivity contribution < 1.29 is 0 Å².